The Balaban J connectivity index is 2.55. The number of carboxylic acids is 1. The Labute approximate surface area is 119 Å². The summed E-state index contributed by atoms with van der Waals surface area (Å²) in [5.41, 5.74) is 0.725. The monoisotopic (exact) mass is 374 g/mol. The minimum absolute atomic E-state index is 0.401. The molecule has 6 nitrogen and oxygen atoms in total. The molecule has 0 aliphatic heterocycles. The fourth-order valence-electron chi connectivity index (χ4n) is 1.41. The largest absolute Gasteiger partial charge is 0.480 e. The average Bonchev–Trinajstić information content (AvgIpc) is 2.80. The summed E-state index contributed by atoms with van der Waals surface area (Å²) in [6, 6.07) is 4.69. The van der Waals surface area contributed by atoms with Gasteiger partial charge in [0.05, 0.1) is 0 Å². The molecule has 2 aromatic rings. The maximum absolute atomic E-state index is 11.0. The van der Waals surface area contributed by atoms with Crippen LogP contribution >= 0.6 is 31.9 Å². The first-order chi connectivity index (χ1) is 8.50. The first kappa shape index (κ1) is 13.2. The van der Waals surface area contributed by atoms with Crippen molar-refractivity contribution in [2.45, 2.75) is 13.0 Å². The van der Waals surface area contributed by atoms with Gasteiger partial charge in [0, 0.05) is 14.5 Å². The van der Waals surface area contributed by atoms with Gasteiger partial charge in [-0.15, -0.1) is 5.10 Å². The molecule has 0 bridgehead atoms. The number of hydrogen-bond donors (Lipinski definition) is 1. The van der Waals surface area contributed by atoms with Crippen LogP contribution in [0.4, 0.5) is 0 Å². The zero-order chi connectivity index (χ0) is 13.3. The van der Waals surface area contributed by atoms with E-state index in [2.05, 4.69) is 47.4 Å². The van der Waals surface area contributed by atoms with Crippen molar-refractivity contribution in [2.75, 3.05) is 0 Å². The normalized spacial score (nSPS) is 12.4. The number of rotatable bonds is 3. The highest BCUT2D eigenvalue weighted by molar-refractivity contribution is 9.11. The molecule has 0 saturated carbocycles. The van der Waals surface area contributed by atoms with Gasteiger partial charge in [-0.25, -0.2) is 9.48 Å². The molecule has 0 radical (unpaired) electrons. The van der Waals surface area contributed by atoms with Gasteiger partial charge in [0.1, 0.15) is 0 Å². The number of nitrogens with zero attached hydrogens (tertiary/aromatic N) is 4. The van der Waals surface area contributed by atoms with Gasteiger partial charge < -0.3 is 5.11 Å². The maximum Gasteiger partial charge on any atom is 0.328 e. The Morgan fingerprint density at radius 1 is 1.44 bits per heavy atom. The smallest absolute Gasteiger partial charge is 0.328 e. The second kappa shape index (κ2) is 5.15. The van der Waals surface area contributed by atoms with Crippen LogP contribution in [0.1, 0.15) is 13.0 Å². The SMILES string of the molecule is CC(C(=O)O)n1nnnc1-c1cc(Br)ccc1Br. The van der Waals surface area contributed by atoms with Crippen LogP contribution in [0.5, 0.6) is 0 Å². The molecule has 1 aromatic carbocycles. The van der Waals surface area contributed by atoms with Crippen LogP contribution < -0.4 is 0 Å². The Hall–Kier alpha value is -1.28. The molecule has 0 spiro atoms. The van der Waals surface area contributed by atoms with Crippen molar-refractivity contribution in [1.82, 2.24) is 20.2 Å². The molecule has 18 heavy (non-hydrogen) atoms. The van der Waals surface area contributed by atoms with Gasteiger partial charge >= 0.3 is 5.97 Å². The van der Waals surface area contributed by atoms with Crippen LogP contribution in [-0.4, -0.2) is 31.3 Å². The molecule has 8 heteroatoms. The Bertz CT molecular complexity index is 599. The fraction of sp³-hybridized carbons (Fsp3) is 0.200. The molecule has 0 aliphatic carbocycles. The van der Waals surface area contributed by atoms with Gasteiger partial charge in [-0.05, 0) is 35.5 Å². The number of benzene rings is 1. The van der Waals surface area contributed by atoms with E-state index in [1.54, 1.807) is 0 Å². The molecular formula is C10H8Br2N4O2. The van der Waals surface area contributed by atoms with Crippen LogP contribution in [-0.2, 0) is 4.79 Å². The lowest BCUT2D eigenvalue weighted by molar-refractivity contribution is -0.140. The highest BCUT2D eigenvalue weighted by atomic mass is 79.9. The van der Waals surface area contributed by atoms with Crippen LogP contribution in [0.2, 0.25) is 0 Å². The minimum atomic E-state index is -0.991. The predicted molar refractivity (Wildman–Crippen MR) is 71.0 cm³/mol. The number of tetrazole rings is 1. The molecule has 1 aromatic heterocycles. The van der Waals surface area contributed by atoms with Crippen molar-refractivity contribution in [1.29, 1.82) is 0 Å². The van der Waals surface area contributed by atoms with Gasteiger partial charge in [-0.3, -0.25) is 0 Å². The van der Waals surface area contributed by atoms with Crippen molar-refractivity contribution in [3.05, 3.63) is 27.1 Å². The quantitative estimate of drug-likeness (QED) is 0.891. The third kappa shape index (κ3) is 2.44. The first-order valence-corrected chi connectivity index (χ1v) is 6.55. The Morgan fingerprint density at radius 3 is 2.83 bits per heavy atom. The lowest BCUT2D eigenvalue weighted by atomic mass is 10.2. The van der Waals surface area contributed by atoms with Gasteiger partial charge in [0.2, 0.25) is 0 Å². The van der Waals surface area contributed by atoms with Crippen LogP contribution in [0.15, 0.2) is 27.1 Å². The highest BCUT2D eigenvalue weighted by Gasteiger charge is 2.21. The molecule has 2 rings (SSSR count). The molecule has 0 fully saturated rings. The summed E-state index contributed by atoms with van der Waals surface area (Å²) in [4.78, 5) is 11.0. The third-order valence-electron chi connectivity index (χ3n) is 2.39. The summed E-state index contributed by atoms with van der Waals surface area (Å²) >= 11 is 6.75. The molecule has 1 atom stereocenters. The van der Waals surface area contributed by atoms with E-state index in [0.717, 1.165) is 14.5 Å². The average molecular weight is 376 g/mol. The van der Waals surface area contributed by atoms with Crippen molar-refractivity contribution >= 4 is 37.8 Å². The van der Waals surface area contributed by atoms with Crippen molar-refractivity contribution in [3.8, 4) is 11.4 Å². The van der Waals surface area contributed by atoms with E-state index in [4.69, 9.17) is 5.11 Å². The first-order valence-electron chi connectivity index (χ1n) is 4.97. The summed E-state index contributed by atoms with van der Waals surface area (Å²) in [6.45, 7) is 1.52. The van der Waals surface area contributed by atoms with Gasteiger partial charge in [0.15, 0.2) is 11.9 Å². The predicted octanol–water partition coefficient (Wildman–Crippen LogP) is 2.51. The molecule has 0 saturated heterocycles. The third-order valence-corrected chi connectivity index (χ3v) is 3.57. The minimum Gasteiger partial charge on any atom is -0.480 e. The highest BCUT2D eigenvalue weighted by Crippen LogP contribution is 2.30. The number of carboxylic acid groups (broad SMARTS) is 1. The lowest BCUT2D eigenvalue weighted by Crippen LogP contribution is -2.18. The topological polar surface area (TPSA) is 80.9 Å². The molecule has 1 unspecified atom stereocenters. The maximum atomic E-state index is 11.0. The second-order valence-corrected chi connectivity index (χ2v) is 5.36. The Kier molecular flexibility index (Phi) is 3.76. The number of halogens is 2. The lowest BCUT2D eigenvalue weighted by Gasteiger charge is -2.09. The van der Waals surface area contributed by atoms with E-state index in [1.807, 2.05) is 18.2 Å². The number of carbonyl (C=O) groups is 1. The van der Waals surface area contributed by atoms with Crippen molar-refractivity contribution in [2.24, 2.45) is 0 Å². The van der Waals surface area contributed by atoms with E-state index in [9.17, 15) is 4.79 Å². The van der Waals surface area contributed by atoms with Crippen LogP contribution in [0, 0.1) is 0 Å². The molecule has 1 heterocycles. The zero-order valence-corrected chi connectivity index (χ0v) is 12.4. The fourth-order valence-corrected chi connectivity index (χ4v) is 2.19. The number of hydrogen-bond acceptors (Lipinski definition) is 4. The van der Waals surface area contributed by atoms with Gasteiger partial charge in [-0.1, -0.05) is 31.9 Å². The van der Waals surface area contributed by atoms with E-state index >= 15 is 0 Å². The molecule has 0 amide bonds. The molecule has 0 aliphatic rings. The van der Waals surface area contributed by atoms with E-state index in [1.165, 1.54) is 11.6 Å². The van der Waals surface area contributed by atoms with Crippen molar-refractivity contribution < 1.29 is 9.90 Å². The van der Waals surface area contributed by atoms with E-state index in [-0.39, 0.29) is 0 Å². The summed E-state index contributed by atoms with van der Waals surface area (Å²) in [5, 5.41) is 20.2. The summed E-state index contributed by atoms with van der Waals surface area (Å²) < 4.78 is 2.92. The molecule has 94 valence electrons. The molecule has 1 N–H and O–H groups in total. The number of aliphatic carboxylic acids is 1. The van der Waals surface area contributed by atoms with Crippen LogP contribution in [0.25, 0.3) is 11.4 Å². The summed E-state index contributed by atoms with van der Waals surface area (Å²) in [7, 11) is 0. The standard InChI is InChI=1S/C10H8Br2N4O2/c1-5(10(17)18)16-9(13-14-15-16)7-4-6(11)2-3-8(7)12/h2-5H,1H3,(H,17,18). The summed E-state index contributed by atoms with van der Waals surface area (Å²) in [5.74, 6) is -0.590. The second-order valence-electron chi connectivity index (χ2n) is 3.59. The van der Waals surface area contributed by atoms with E-state index in [0.29, 0.717) is 5.82 Å². The van der Waals surface area contributed by atoms with Gasteiger partial charge in [0.25, 0.3) is 0 Å². The Morgan fingerprint density at radius 2 is 2.17 bits per heavy atom. The molecular weight excluding hydrogens is 368 g/mol. The zero-order valence-electron chi connectivity index (χ0n) is 9.21. The van der Waals surface area contributed by atoms with Gasteiger partial charge in [-0.2, -0.15) is 0 Å². The summed E-state index contributed by atoms with van der Waals surface area (Å²) in [6.07, 6.45) is 0. The number of aromatic nitrogens is 4. The van der Waals surface area contributed by atoms with Crippen LogP contribution in [0.3, 0.4) is 0 Å². The van der Waals surface area contributed by atoms with Crippen molar-refractivity contribution in [3.63, 3.8) is 0 Å². The van der Waals surface area contributed by atoms with E-state index < -0.39 is 12.0 Å².